The second-order valence-corrected chi connectivity index (χ2v) is 10.0. The summed E-state index contributed by atoms with van der Waals surface area (Å²) in [4.78, 5) is 7.40. The van der Waals surface area contributed by atoms with Crippen molar-refractivity contribution in [2.75, 3.05) is 36.8 Å². The molecule has 2 N–H and O–H groups in total. The third-order valence-corrected chi connectivity index (χ3v) is 7.30. The maximum absolute atomic E-state index is 12.4. The summed E-state index contributed by atoms with van der Waals surface area (Å²) in [5.74, 6) is 0.798. The van der Waals surface area contributed by atoms with Gasteiger partial charge in [0, 0.05) is 31.9 Å². The van der Waals surface area contributed by atoms with Crippen LogP contribution in [0.4, 0.5) is 5.69 Å². The van der Waals surface area contributed by atoms with Crippen molar-refractivity contribution in [2.45, 2.75) is 44.0 Å². The molecule has 1 aliphatic heterocycles. The van der Waals surface area contributed by atoms with Gasteiger partial charge in [-0.3, -0.25) is 4.99 Å². The maximum Gasteiger partial charge on any atom is 0.191 e. The Labute approximate surface area is 209 Å². The van der Waals surface area contributed by atoms with Gasteiger partial charge in [-0.05, 0) is 62.9 Å². The first-order chi connectivity index (χ1) is 15.0. The van der Waals surface area contributed by atoms with Crippen LogP contribution in [0, 0.1) is 0 Å². The van der Waals surface area contributed by atoms with Crippen LogP contribution in [0.2, 0.25) is 0 Å². The van der Waals surface area contributed by atoms with E-state index in [1.165, 1.54) is 24.1 Å². The predicted octanol–water partition coefficient (Wildman–Crippen LogP) is 4.38. The minimum absolute atomic E-state index is 0. The van der Waals surface area contributed by atoms with Crippen LogP contribution in [-0.4, -0.2) is 46.3 Å². The Kier molecular flexibility index (Phi) is 10.8. The van der Waals surface area contributed by atoms with Gasteiger partial charge in [0.2, 0.25) is 0 Å². The van der Waals surface area contributed by atoms with Gasteiger partial charge in [-0.15, -0.1) is 24.0 Å². The fraction of sp³-hybridized carbons (Fsp3) is 0.458. The van der Waals surface area contributed by atoms with Crippen molar-refractivity contribution in [3.8, 4) is 0 Å². The van der Waals surface area contributed by atoms with Gasteiger partial charge in [0.05, 0.1) is 16.7 Å². The van der Waals surface area contributed by atoms with E-state index in [1.807, 2.05) is 13.0 Å². The van der Waals surface area contributed by atoms with Crippen molar-refractivity contribution in [1.29, 1.82) is 0 Å². The number of halogens is 1. The van der Waals surface area contributed by atoms with Gasteiger partial charge in [0.25, 0.3) is 0 Å². The molecule has 176 valence electrons. The van der Waals surface area contributed by atoms with Crippen molar-refractivity contribution >= 4 is 45.5 Å². The summed E-state index contributed by atoms with van der Waals surface area (Å²) in [6.07, 6.45) is 3.00. The Bertz CT molecular complexity index is 961. The second kappa shape index (κ2) is 13.0. The average molecular weight is 571 g/mol. The number of anilines is 1. The van der Waals surface area contributed by atoms with E-state index in [1.54, 1.807) is 24.3 Å². The molecule has 0 bridgehead atoms. The van der Waals surface area contributed by atoms with Crippen LogP contribution >= 0.6 is 24.0 Å². The number of rotatable bonds is 9. The molecule has 0 radical (unpaired) electrons. The highest BCUT2D eigenvalue weighted by Crippen LogP contribution is 2.24. The van der Waals surface area contributed by atoms with Gasteiger partial charge >= 0.3 is 0 Å². The molecule has 1 heterocycles. The Morgan fingerprint density at radius 3 is 2.50 bits per heavy atom. The van der Waals surface area contributed by atoms with Gasteiger partial charge in [0.15, 0.2) is 15.8 Å². The van der Waals surface area contributed by atoms with E-state index in [0.717, 1.165) is 19.6 Å². The average Bonchev–Trinajstić information content (AvgIpc) is 3.32. The van der Waals surface area contributed by atoms with E-state index < -0.39 is 9.84 Å². The normalized spacial score (nSPS) is 15.2. The lowest BCUT2D eigenvalue weighted by Crippen LogP contribution is -2.39. The smallest absolute Gasteiger partial charge is 0.191 e. The number of sulfone groups is 1. The van der Waals surface area contributed by atoms with Crippen LogP contribution in [0.3, 0.4) is 0 Å². The molecule has 1 unspecified atom stereocenters. The third kappa shape index (κ3) is 7.65. The highest BCUT2D eigenvalue weighted by molar-refractivity contribution is 14.0. The first-order valence-corrected chi connectivity index (χ1v) is 12.8. The molecule has 0 aromatic heterocycles. The third-order valence-electron chi connectivity index (χ3n) is 5.48. The molecular formula is C24H35IN4O2S. The van der Waals surface area contributed by atoms with E-state index in [4.69, 9.17) is 0 Å². The highest BCUT2D eigenvalue weighted by atomic mass is 127. The molecule has 3 rings (SSSR count). The number of benzene rings is 2. The largest absolute Gasteiger partial charge is 0.372 e. The van der Waals surface area contributed by atoms with E-state index in [0.29, 0.717) is 23.8 Å². The Morgan fingerprint density at radius 2 is 1.81 bits per heavy atom. The highest BCUT2D eigenvalue weighted by Gasteiger charge is 2.15. The monoisotopic (exact) mass is 570 g/mol. The van der Waals surface area contributed by atoms with Gasteiger partial charge < -0.3 is 15.5 Å². The van der Waals surface area contributed by atoms with Gasteiger partial charge in [-0.1, -0.05) is 30.3 Å². The van der Waals surface area contributed by atoms with Crippen LogP contribution < -0.4 is 15.5 Å². The molecule has 1 saturated heterocycles. The summed E-state index contributed by atoms with van der Waals surface area (Å²) in [7, 11) is -3.26. The zero-order chi connectivity index (χ0) is 22.1. The van der Waals surface area contributed by atoms with Crippen LogP contribution in [0.1, 0.15) is 44.7 Å². The SMILES string of the molecule is CCNC(=NCCCS(=O)(=O)c1ccccc1)NC(C)c1cccc(N2CCCC2)c1.I. The first kappa shape index (κ1) is 26.4. The van der Waals surface area contributed by atoms with Gasteiger partial charge in [-0.2, -0.15) is 0 Å². The second-order valence-electron chi connectivity index (χ2n) is 7.90. The lowest BCUT2D eigenvalue weighted by atomic mass is 10.1. The van der Waals surface area contributed by atoms with Gasteiger partial charge in [-0.25, -0.2) is 8.42 Å². The molecule has 0 saturated carbocycles. The van der Waals surface area contributed by atoms with Crippen LogP contribution in [-0.2, 0) is 9.84 Å². The van der Waals surface area contributed by atoms with E-state index in [-0.39, 0.29) is 35.8 Å². The van der Waals surface area contributed by atoms with Crippen molar-refractivity contribution < 1.29 is 8.42 Å². The zero-order valence-electron chi connectivity index (χ0n) is 19.0. The molecule has 0 aliphatic carbocycles. The molecule has 2 aromatic rings. The summed E-state index contributed by atoms with van der Waals surface area (Å²) in [5.41, 5.74) is 2.48. The minimum atomic E-state index is -3.26. The summed E-state index contributed by atoms with van der Waals surface area (Å²) >= 11 is 0. The quantitative estimate of drug-likeness (QED) is 0.203. The number of hydrogen-bond acceptors (Lipinski definition) is 4. The lowest BCUT2D eigenvalue weighted by Gasteiger charge is -2.22. The topological polar surface area (TPSA) is 73.8 Å². The van der Waals surface area contributed by atoms with E-state index in [2.05, 4.69) is 51.7 Å². The van der Waals surface area contributed by atoms with Crippen molar-refractivity contribution in [2.24, 2.45) is 4.99 Å². The summed E-state index contributed by atoms with van der Waals surface area (Å²) in [6, 6.07) is 17.4. The van der Waals surface area contributed by atoms with Crippen LogP contribution in [0.5, 0.6) is 0 Å². The lowest BCUT2D eigenvalue weighted by molar-refractivity contribution is 0.593. The van der Waals surface area contributed by atoms with Crippen LogP contribution in [0.25, 0.3) is 0 Å². The molecule has 1 aliphatic rings. The molecule has 2 aromatic carbocycles. The number of aliphatic imine (C=N–C) groups is 1. The molecule has 0 spiro atoms. The predicted molar refractivity (Wildman–Crippen MR) is 144 cm³/mol. The summed E-state index contributed by atoms with van der Waals surface area (Å²) in [6.45, 7) is 7.59. The molecule has 1 atom stereocenters. The number of nitrogens with one attached hydrogen (secondary N) is 2. The van der Waals surface area contributed by atoms with Gasteiger partial charge in [0.1, 0.15) is 0 Å². The summed E-state index contributed by atoms with van der Waals surface area (Å²) < 4.78 is 24.8. The fourth-order valence-electron chi connectivity index (χ4n) is 3.77. The molecule has 1 fully saturated rings. The van der Waals surface area contributed by atoms with E-state index in [9.17, 15) is 8.42 Å². The van der Waals surface area contributed by atoms with E-state index >= 15 is 0 Å². The Morgan fingerprint density at radius 1 is 1.09 bits per heavy atom. The molecule has 8 heteroatoms. The maximum atomic E-state index is 12.4. The molecule has 32 heavy (non-hydrogen) atoms. The molecular weight excluding hydrogens is 535 g/mol. The van der Waals surface area contributed by atoms with Crippen molar-refractivity contribution in [1.82, 2.24) is 10.6 Å². The number of nitrogens with zero attached hydrogens (tertiary/aromatic N) is 2. The minimum Gasteiger partial charge on any atom is -0.372 e. The number of hydrogen-bond donors (Lipinski definition) is 2. The fourth-order valence-corrected chi connectivity index (χ4v) is 5.08. The number of guanidine groups is 1. The van der Waals surface area contributed by atoms with Crippen molar-refractivity contribution in [3.63, 3.8) is 0 Å². The first-order valence-electron chi connectivity index (χ1n) is 11.2. The molecule has 6 nitrogen and oxygen atoms in total. The molecule has 0 amide bonds. The van der Waals surface area contributed by atoms with Crippen molar-refractivity contribution in [3.05, 3.63) is 60.2 Å². The summed E-state index contributed by atoms with van der Waals surface area (Å²) in [5, 5.41) is 6.71. The standard InChI is InChI=1S/C24H34N4O2S.HI/c1-3-25-24(26-15-10-18-31(29,30)23-13-5-4-6-14-23)27-20(2)21-11-9-12-22(19-21)28-16-7-8-17-28;/h4-6,9,11-14,19-20H,3,7-8,10,15-18H2,1-2H3,(H2,25,26,27);1H. The zero-order valence-corrected chi connectivity index (χ0v) is 22.1. The Hall–Kier alpha value is -1.81. The van der Waals surface area contributed by atoms with Crippen LogP contribution in [0.15, 0.2) is 64.5 Å². The Balaban J connectivity index is 0.00000363.